The molecule has 0 saturated heterocycles. The third kappa shape index (κ3) is 4.52. The normalized spacial score (nSPS) is 20.9. The fourth-order valence-corrected chi connectivity index (χ4v) is 5.22. The number of thiophene rings is 1. The lowest BCUT2D eigenvalue weighted by atomic mass is 9.77. The highest BCUT2D eigenvalue weighted by Crippen LogP contribution is 2.44. The molecule has 5 nitrogen and oxygen atoms in total. The Morgan fingerprint density at radius 2 is 1.79 bits per heavy atom. The fraction of sp³-hybridized carbons (Fsp3) is 0.222. The van der Waals surface area contributed by atoms with Crippen LogP contribution in [0, 0.1) is 5.92 Å². The van der Waals surface area contributed by atoms with Gasteiger partial charge < -0.3 is 4.74 Å². The summed E-state index contributed by atoms with van der Waals surface area (Å²) >= 11 is 1.30. The van der Waals surface area contributed by atoms with Gasteiger partial charge in [-0.3, -0.25) is 4.79 Å². The molecule has 3 aromatic rings. The maximum absolute atomic E-state index is 13.2. The molecule has 1 aromatic heterocycles. The largest absolute Gasteiger partial charge is 0.451 e. The van der Waals surface area contributed by atoms with Crippen molar-refractivity contribution in [3.63, 3.8) is 0 Å². The molecule has 2 unspecified atom stereocenters. The number of hydrazone groups is 1. The van der Waals surface area contributed by atoms with Gasteiger partial charge in [-0.15, -0.1) is 11.3 Å². The van der Waals surface area contributed by atoms with Crippen molar-refractivity contribution in [2.45, 2.75) is 25.3 Å². The second-order valence-corrected chi connectivity index (χ2v) is 9.16. The molecule has 5 rings (SSSR count). The number of amides is 1. The summed E-state index contributed by atoms with van der Waals surface area (Å²) in [6.07, 6.45) is 5.11. The van der Waals surface area contributed by atoms with E-state index in [0.29, 0.717) is 4.88 Å². The third-order valence-corrected chi connectivity index (χ3v) is 6.94. The van der Waals surface area contributed by atoms with Crippen LogP contribution in [0.3, 0.4) is 0 Å². The Kier molecular flexibility index (Phi) is 6.17. The van der Waals surface area contributed by atoms with E-state index < -0.39 is 5.97 Å². The van der Waals surface area contributed by atoms with Gasteiger partial charge in [0.2, 0.25) is 0 Å². The minimum absolute atomic E-state index is 0.119. The van der Waals surface area contributed by atoms with E-state index >= 15 is 0 Å². The summed E-state index contributed by atoms with van der Waals surface area (Å²) in [5, 5.41) is 8.18. The zero-order valence-electron chi connectivity index (χ0n) is 18.1. The number of ether oxygens (including phenoxy) is 1. The highest BCUT2D eigenvalue weighted by Gasteiger charge is 2.43. The second-order valence-electron chi connectivity index (χ2n) is 8.21. The third-order valence-electron chi connectivity index (χ3n) is 6.09. The molecule has 1 fully saturated rings. The lowest BCUT2D eigenvalue weighted by molar-refractivity contribution is -0.137. The molecule has 1 aliphatic heterocycles. The standard InChI is InChI=1S/C27H24N2O3S/c30-24(18-32-27(31)23-15-8-16-33-23)29-26(20-11-5-2-6-12-20)22-14-7-13-21(25(22)28-29)17-19-9-3-1-4-10-19/h1-6,8-12,15-17,22,26H,7,13-14,18H2/b21-17-. The van der Waals surface area contributed by atoms with Crippen molar-refractivity contribution >= 4 is 35.0 Å². The Bertz CT molecular complexity index is 1190. The average Bonchev–Trinajstić information content (AvgIpc) is 3.53. The van der Waals surface area contributed by atoms with Gasteiger partial charge in [-0.1, -0.05) is 66.7 Å². The summed E-state index contributed by atoms with van der Waals surface area (Å²) < 4.78 is 5.32. The van der Waals surface area contributed by atoms with E-state index in [1.807, 2.05) is 53.9 Å². The predicted molar refractivity (Wildman–Crippen MR) is 130 cm³/mol. The lowest BCUT2D eigenvalue weighted by Crippen LogP contribution is -2.34. The molecule has 1 amide bonds. The smallest absolute Gasteiger partial charge is 0.348 e. The second kappa shape index (κ2) is 9.55. The summed E-state index contributed by atoms with van der Waals surface area (Å²) in [5.74, 6) is -0.675. The fourth-order valence-electron chi connectivity index (χ4n) is 4.60. The van der Waals surface area contributed by atoms with Crippen molar-refractivity contribution in [1.29, 1.82) is 0 Å². The van der Waals surface area contributed by atoms with Crippen LogP contribution in [0.15, 0.2) is 88.9 Å². The molecule has 33 heavy (non-hydrogen) atoms. The molecule has 6 heteroatoms. The van der Waals surface area contributed by atoms with Crippen LogP contribution >= 0.6 is 11.3 Å². The van der Waals surface area contributed by atoms with E-state index in [9.17, 15) is 9.59 Å². The number of allylic oxidation sites excluding steroid dienone is 1. The summed E-state index contributed by atoms with van der Waals surface area (Å²) in [6, 6.07) is 23.5. The maximum atomic E-state index is 13.2. The van der Waals surface area contributed by atoms with Gasteiger partial charge in [0.1, 0.15) is 4.88 Å². The topological polar surface area (TPSA) is 59.0 Å². The van der Waals surface area contributed by atoms with Gasteiger partial charge in [0.15, 0.2) is 6.61 Å². The van der Waals surface area contributed by atoms with Crippen LogP contribution in [0.2, 0.25) is 0 Å². The average molecular weight is 457 g/mol. The Morgan fingerprint density at radius 1 is 1.03 bits per heavy atom. The number of rotatable bonds is 5. The number of hydrogen-bond acceptors (Lipinski definition) is 5. The molecule has 1 aliphatic carbocycles. The first kappa shape index (κ1) is 21.3. The highest BCUT2D eigenvalue weighted by molar-refractivity contribution is 7.11. The first-order valence-electron chi connectivity index (χ1n) is 11.1. The van der Waals surface area contributed by atoms with Crippen molar-refractivity contribution in [2.75, 3.05) is 6.61 Å². The molecule has 2 aromatic carbocycles. The van der Waals surface area contributed by atoms with E-state index in [-0.39, 0.29) is 24.5 Å². The SMILES string of the molecule is O=C(OCC(=O)N1N=C2/C(=C\c3ccccc3)CCCC2C1c1ccccc1)c1cccs1. The summed E-state index contributed by atoms with van der Waals surface area (Å²) in [4.78, 5) is 26.0. The Balaban J connectivity index is 1.44. The number of hydrogen-bond donors (Lipinski definition) is 0. The molecule has 0 N–H and O–H groups in total. The van der Waals surface area contributed by atoms with Gasteiger partial charge >= 0.3 is 5.97 Å². The predicted octanol–water partition coefficient (Wildman–Crippen LogP) is 5.73. The van der Waals surface area contributed by atoms with Crippen molar-refractivity contribution in [2.24, 2.45) is 11.0 Å². The van der Waals surface area contributed by atoms with Crippen LogP contribution in [-0.2, 0) is 9.53 Å². The molecular weight excluding hydrogens is 432 g/mol. The van der Waals surface area contributed by atoms with Crippen molar-refractivity contribution in [1.82, 2.24) is 5.01 Å². The van der Waals surface area contributed by atoms with Gasteiger partial charge in [0.25, 0.3) is 5.91 Å². The van der Waals surface area contributed by atoms with Gasteiger partial charge in [-0.25, -0.2) is 9.80 Å². The number of carbonyl (C=O) groups is 2. The molecule has 0 bridgehead atoms. The zero-order valence-corrected chi connectivity index (χ0v) is 18.9. The molecule has 1 saturated carbocycles. The highest BCUT2D eigenvalue weighted by atomic mass is 32.1. The van der Waals surface area contributed by atoms with Crippen molar-refractivity contribution in [3.05, 3.63) is 99.8 Å². The van der Waals surface area contributed by atoms with E-state index in [4.69, 9.17) is 9.84 Å². The number of esters is 1. The number of carbonyl (C=O) groups excluding carboxylic acids is 2. The van der Waals surface area contributed by atoms with Gasteiger partial charge in [0.05, 0.1) is 11.8 Å². The van der Waals surface area contributed by atoms with E-state index in [1.54, 1.807) is 17.1 Å². The zero-order chi connectivity index (χ0) is 22.6. The molecule has 166 valence electrons. The monoisotopic (exact) mass is 456 g/mol. The Labute approximate surface area is 197 Å². The summed E-state index contributed by atoms with van der Waals surface area (Å²) in [6.45, 7) is -0.332. The van der Waals surface area contributed by atoms with Crippen LogP contribution in [0.4, 0.5) is 0 Å². The van der Waals surface area contributed by atoms with Gasteiger partial charge in [-0.05, 0) is 53.5 Å². The van der Waals surface area contributed by atoms with Crippen LogP contribution in [0.5, 0.6) is 0 Å². The molecule has 2 heterocycles. The number of nitrogens with zero attached hydrogens (tertiary/aromatic N) is 2. The molecular formula is C27H24N2O3S. The molecule has 2 aliphatic rings. The van der Waals surface area contributed by atoms with Crippen LogP contribution in [0.1, 0.15) is 46.1 Å². The summed E-state index contributed by atoms with van der Waals surface area (Å²) in [5.41, 5.74) is 4.31. The molecule has 0 spiro atoms. The van der Waals surface area contributed by atoms with E-state index in [2.05, 4.69) is 18.2 Å². The molecule has 0 radical (unpaired) electrons. The maximum Gasteiger partial charge on any atom is 0.348 e. The lowest BCUT2D eigenvalue weighted by Gasteiger charge is -2.29. The van der Waals surface area contributed by atoms with E-state index in [0.717, 1.165) is 36.1 Å². The molecule has 2 atom stereocenters. The van der Waals surface area contributed by atoms with E-state index in [1.165, 1.54) is 16.9 Å². The van der Waals surface area contributed by atoms with Crippen LogP contribution < -0.4 is 0 Å². The van der Waals surface area contributed by atoms with Crippen molar-refractivity contribution < 1.29 is 14.3 Å². The minimum Gasteiger partial charge on any atom is -0.451 e. The first-order valence-corrected chi connectivity index (χ1v) is 12.0. The van der Waals surface area contributed by atoms with Crippen LogP contribution in [-0.4, -0.2) is 29.2 Å². The first-order chi connectivity index (χ1) is 16.2. The van der Waals surface area contributed by atoms with Crippen molar-refractivity contribution in [3.8, 4) is 0 Å². The Morgan fingerprint density at radius 3 is 2.52 bits per heavy atom. The van der Waals surface area contributed by atoms with Crippen LogP contribution in [0.25, 0.3) is 6.08 Å². The quantitative estimate of drug-likeness (QED) is 0.461. The minimum atomic E-state index is -0.483. The van der Waals surface area contributed by atoms with Gasteiger partial charge in [0, 0.05) is 5.92 Å². The number of fused-ring (bicyclic) bond motifs is 1. The summed E-state index contributed by atoms with van der Waals surface area (Å²) in [7, 11) is 0. The Hall–Kier alpha value is -3.51. The van der Waals surface area contributed by atoms with Gasteiger partial charge in [-0.2, -0.15) is 5.10 Å². The number of benzene rings is 2.